The van der Waals surface area contributed by atoms with Crippen molar-refractivity contribution in [2.45, 2.75) is 64.2 Å². The molecule has 3 rings (SSSR count). The van der Waals surface area contributed by atoms with Crippen LogP contribution in [0.25, 0.3) is 0 Å². The smallest absolute Gasteiger partial charge is 0.0175 e. The molecule has 0 spiro atoms. The minimum Gasteiger partial charge on any atom is -0.0933 e. The third-order valence-corrected chi connectivity index (χ3v) is 7.15. The van der Waals surface area contributed by atoms with E-state index in [1.807, 2.05) is 0 Å². The largest absolute Gasteiger partial charge is 0.0933 e. The van der Waals surface area contributed by atoms with Crippen molar-refractivity contribution in [1.29, 1.82) is 0 Å². The molecule has 0 radical (unpaired) electrons. The summed E-state index contributed by atoms with van der Waals surface area (Å²) in [5.74, 6) is 3.72. The average molecular weight is 410 g/mol. The van der Waals surface area contributed by atoms with Crippen molar-refractivity contribution >= 4 is 27.5 Å². The van der Waals surface area contributed by atoms with E-state index in [4.69, 9.17) is 11.6 Å². The Morgan fingerprint density at radius 2 is 1.46 bits per heavy atom. The van der Waals surface area contributed by atoms with Crippen molar-refractivity contribution in [2.75, 3.05) is 0 Å². The van der Waals surface area contributed by atoms with Gasteiger partial charge in [0.05, 0.1) is 0 Å². The van der Waals surface area contributed by atoms with Crippen LogP contribution in [0, 0.1) is 23.7 Å². The predicted molar refractivity (Wildman–Crippen MR) is 108 cm³/mol. The minimum atomic E-state index is 0.751. The standard InChI is InChI=1S/C22H30BrCl/c23-22-13-7-18(8-14-22)2-1-17-3-9-20(10-4-17)21-11-5-19(6-12-21)15-16-24/h7-8,13-17,19-21H,1-6,9-12H2/b16-15+/t17-,19-,20-,21-. The van der Waals surface area contributed by atoms with Gasteiger partial charge in [0, 0.05) is 10.0 Å². The quantitative estimate of drug-likeness (QED) is 0.466. The fourth-order valence-electron chi connectivity index (χ4n) is 4.88. The molecule has 1 aromatic rings. The molecule has 1 aromatic carbocycles. The Balaban J connectivity index is 1.37. The van der Waals surface area contributed by atoms with Gasteiger partial charge < -0.3 is 0 Å². The second-order valence-electron chi connectivity index (χ2n) is 7.94. The van der Waals surface area contributed by atoms with Crippen molar-refractivity contribution in [3.8, 4) is 0 Å². The summed E-state index contributed by atoms with van der Waals surface area (Å²) in [5.41, 5.74) is 3.22. The maximum atomic E-state index is 5.73. The molecule has 0 aromatic heterocycles. The first-order valence-electron chi connectivity index (χ1n) is 9.76. The molecule has 2 heteroatoms. The van der Waals surface area contributed by atoms with Crippen LogP contribution in [0.5, 0.6) is 0 Å². The number of benzene rings is 1. The van der Waals surface area contributed by atoms with Gasteiger partial charge in [-0.15, -0.1) is 0 Å². The monoisotopic (exact) mass is 408 g/mol. The van der Waals surface area contributed by atoms with E-state index in [-0.39, 0.29) is 0 Å². The molecule has 132 valence electrons. The fraction of sp³-hybridized carbons (Fsp3) is 0.636. The number of halogens is 2. The molecule has 0 nitrogen and oxygen atoms in total. The third-order valence-electron chi connectivity index (χ3n) is 6.47. The highest BCUT2D eigenvalue weighted by molar-refractivity contribution is 9.10. The highest BCUT2D eigenvalue weighted by atomic mass is 79.9. The van der Waals surface area contributed by atoms with Crippen molar-refractivity contribution in [1.82, 2.24) is 0 Å². The summed E-state index contributed by atoms with van der Waals surface area (Å²) in [6.07, 6.45) is 16.3. The lowest BCUT2D eigenvalue weighted by Crippen LogP contribution is -2.25. The van der Waals surface area contributed by atoms with Gasteiger partial charge in [-0.3, -0.25) is 0 Å². The fourth-order valence-corrected chi connectivity index (χ4v) is 5.35. The van der Waals surface area contributed by atoms with Gasteiger partial charge in [-0.2, -0.15) is 0 Å². The van der Waals surface area contributed by atoms with Crippen LogP contribution in [0.4, 0.5) is 0 Å². The zero-order chi connectivity index (χ0) is 16.8. The second-order valence-corrected chi connectivity index (χ2v) is 9.11. The van der Waals surface area contributed by atoms with Crippen LogP contribution in [-0.2, 0) is 6.42 Å². The minimum absolute atomic E-state index is 0.751. The van der Waals surface area contributed by atoms with Gasteiger partial charge in [-0.05, 0) is 92.7 Å². The first-order valence-corrected chi connectivity index (χ1v) is 11.0. The maximum absolute atomic E-state index is 5.73. The molecule has 0 saturated heterocycles. The van der Waals surface area contributed by atoms with Gasteiger partial charge in [0.15, 0.2) is 0 Å². The summed E-state index contributed by atoms with van der Waals surface area (Å²) < 4.78 is 1.18. The van der Waals surface area contributed by atoms with E-state index in [0.29, 0.717) is 0 Å². The maximum Gasteiger partial charge on any atom is 0.0175 e. The first kappa shape index (κ1) is 18.5. The van der Waals surface area contributed by atoms with Crippen LogP contribution in [0.3, 0.4) is 0 Å². The van der Waals surface area contributed by atoms with Gasteiger partial charge in [0.1, 0.15) is 0 Å². The van der Waals surface area contributed by atoms with Crippen LogP contribution in [-0.4, -0.2) is 0 Å². The second kappa shape index (κ2) is 9.43. The summed E-state index contributed by atoms with van der Waals surface area (Å²) in [4.78, 5) is 0. The summed E-state index contributed by atoms with van der Waals surface area (Å²) >= 11 is 9.25. The Kier molecular flexibility index (Phi) is 7.28. The van der Waals surface area contributed by atoms with Crippen molar-refractivity contribution in [3.63, 3.8) is 0 Å². The Morgan fingerprint density at radius 3 is 2.04 bits per heavy atom. The van der Waals surface area contributed by atoms with E-state index >= 15 is 0 Å². The molecule has 2 aliphatic carbocycles. The molecule has 2 fully saturated rings. The lowest BCUT2D eigenvalue weighted by Gasteiger charge is -2.37. The topological polar surface area (TPSA) is 0 Å². The van der Waals surface area contributed by atoms with Gasteiger partial charge >= 0.3 is 0 Å². The molecule has 2 aliphatic rings. The van der Waals surface area contributed by atoms with Gasteiger partial charge in [0.25, 0.3) is 0 Å². The number of rotatable bonds is 5. The summed E-state index contributed by atoms with van der Waals surface area (Å²) in [7, 11) is 0. The molecular formula is C22H30BrCl. The van der Waals surface area contributed by atoms with Crippen LogP contribution in [0.15, 0.2) is 40.3 Å². The van der Waals surface area contributed by atoms with E-state index in [1.165, 1.54) is 74.2 Å². The van der Waals surface area contributed by atoms with Gasteiger partial charge in [-0.1, -0.05) is 58.6 Å². The normalized spacial score (nSPS) is 31.4. The van der Waals surface area contributed by atoms with E-state index in [2.05, 4.69) is 46.3 Å². The summed E-state index contributed by atoms with van der Waals surface area (Å²) in [5, 5.41) is 0. The zero-order valence-corrected chi connectivity index (χ0v) is 16.9. The molecule has 2 saturated carbocycles. The number of aryl methyl sites for hydroxylation is 1. The molecule has 0 atom stereocenters. The Bertz CT molecular complexity index is 505. The van der Waals surface area contributed by atoms with Crippen LogP contribution in [0.1, 0.15) is 63.4 Å². The number of hydrogen-bond acceptors (Lipinski definition) is 0. The lowest BCUT2D eigenvalue weighted by atomic mass is 9.68. The van der Waals surface area contributed by atoms with Crippen molar-refractivity contribution in [3.05, 3.63) is 45.9 Å². The molecule has 24 heavy (non-hydrogen) atoms. The molecule has 0 N–H and O–H groups in total. The molecule has 0 aliphatic heterocycles. The SMILES string of the molecule is Cl/C=C/[C@H]1CC[C@H]([C@H]2CC[C@H](CCc3ccc(Br)cc3)CC2)CC1. The van der Waals surface area contributed by atoms with E-state index < -0.39 is 0 Å². The van der Waals surface area contributed by atoms with Crippen LogP contribution >= 0.6 is 27.5 Å². The van der Waals surface area contributed by atoms with Crippen molar-refractivity contribution in [2.24, 2.45) is 23.7 Å². The third kappa shape index (κ3) is 5.36. The zero-order valence-electron chi connectivity index (χ0n) is 14.6. The Labute approximate surface area is 161 Å². The Morgan fingerprint density at radius 1 is 0.875 bits per heavy atom. The summed E-state index contributed by atoms with van der Waals surface area (Å²) in [6.45, 7) is 0. The molecule has 0 heterocycles. The van der Waals surface area contributed by atoms with Gasteiger partial charge in [0.2, 0.25) is 0 Å². The van der Waals surface area contributed by atoms with E-state index in [0.717, 1.165) is 23.7 Å². The molecule has 0 unspecified atom stereocenters. The van der Waals surface area contributed by atoms with E-state index in [1.54, 1.807) is 5.54 Å². The van der Waals surface area contributed by atoms with Crippen molar-refractivity contribution < 1.29 is 0 Å². The first-order chi connectivity index (χ1) is 11.7. The highest BCUT2D eigenvalue weighted by Crippen LogP contribution is 2.42. The molecule has 0 amide bonds. The summed E-state index contributed by atoms with van der Waals surface area (Å²) in [6, 6.07) is 8.87. The number of hydrogen-bond donors (Lipinski definition) is 0. The molecule has 0 bridgehead atoms. The van der Waals surface area contributed by atoms with E-state index in [9.17, 15) is 0 Å². The predicted octanol–water partition coefficient (Wildman–Crippen LogP) is 7.75. The van der Waals surface area contributed by atoms with Crippen LogP contribution in [0.2, 0.25) is 0 Å². The van der Waals surface area contributed by atoms with Crippen LogP contribution < -0.4 is 0 Å². The van der Waals surface area contributed by atoms with Gasteiger partial charge in [-0.25, -0.2) is 0 Å². The Hall–Kier alpha value is -0.270. The average Bonchev–Trinajstić information content (AvgIpc) is 2.63. The lowest BCUT2D eigenvalue weighted by molar-refractivity contribution is 0.153. The number of allylic oxidation sites excluding steroid dienone is 1. The molecular weight excluding hydrogens is 380 g/mol. The highest BCUT2D eigenvalue weighted by Gasteiger charge is 2.30.